The third kappa shape index (κ3) is 4.75. The third-order valence-electron chi connectivity index (χ3n) is 4.88. The van der Waals surface area contributed by atoms with Gasteiger partial charge in [0.25, 0.3) is 0 Å². The van der Waals surface area contributed by atoms with Crippen LogP contribution in [0.25, 0.3) is 0 Å². The minimum atomic E-state index is 0.140. The average Bonchev–Trinajstić information content (AvgIpc) is 2.66. The fraction of sp³-hybridized carbons (Fsp3) is 0.318. The molecule has 0 aliphatic carbocycles. The average molecular weight is 369 g/mol. The summed E-state index contributed by atoms with van der Waals surface area (Å²) < 4.78 is 0. The lowest BCUT2D eigenvalue weighted by atomic mass is 10.0. The van der Waals surface area contributed by atoms with Gasteiger partial charge in [-0.2, -0.15) is 0 Å². The summed E-state index contributed by atoms with van der Waals surface area (Å²) in [7, 11) is 0. The molecule has 0 radical (unpaired) electrons. The van der Waals surface area contributed by atoms with Crippen molar-refractivity contribution in [1.82, 2.24) is 4.90 Å². The normalized spacial score (nSPS) is 15.6. The summed E-state index contributed by atoms with van der Waals surface area (Å²) in [6, 6.07) is 17.7. The molecule has 1 fully saturated rings. The van der Waals surface area contributed by atoms with Crippen LogP contribution in [0, 0.1) is 0 Å². The molecule has 2 aromatic carbocycles. The Labute approximate surface area is 160 Å². The van der Waals surface area contributed by atoms with Crippen LogP contribution in [0.1, 0.15) is 18.4 Å². The van der Waals surface area contributed by atoms with Crippen molar-refractivity contribution in [2.24, 2.45) is 0 Å². The van der Waals surface area contributed by atoms with Crippen molar-refractivity contribution >= 4 is 23.2 Å². The maximum atomic E-state index is 13.2. The largest absolute Gasteiger partial charge is 0.309 e. The number of anilines is 1. The highest BCUT2D eigenvalue weighted by Crippen LogP contribution is 2.26. The Balaban J connectivity index is 1.79. The van der Waals surface area contributed by atoms with Crippen molar-refractivity contribution in [3.05, 3.63) is 77.8 Å². The number of carbonyl (C=O) groups is 1. The quantitative estimate of drug-likeness (QED) is 0.697. The highest BCUT2D eigenvalue weighted by molar-refractivity contribution is 6.30. The number of carbonyl (C=O) groups excluding carboxylic acids is 1. The Morgan fingerprint density at radius 2 is 1.77 bits per heavy atom. The Morgan fingerprint density at radius 3 is 2.38 bits per heavy atom. The van der Waals surface area contributed by atoms with Gasteiger partial charge in [0.2, 0.25) is 5.91 Å². The zero-order valence-electron chi connectivity index (χ0n) is 15.0. The minimum Gasteiger partial charge on any atom is -0.309 e. The van der Waals surface area contributed by atoms with Crippen LogP contribution in [0.15, 0.2) is 67.3 Å². The Kier molecular flexibility index (Phi) is 6.48. The van der Waals surface area contributed by atoms with Crippen LogP contribution >= 0.6 is 11.6 Å². The smallest absolute Gasteiger partial charge is 0.231 e. The summed E-state index contributed by atoms with van der Waals surface area (Å²) in [5.74, 6) is 0.140. The molecule has 26 heavy (non-hydrogen) atoms. The van der Waals surface area contributed by atoms with Gasteiger partial charge in [-0.25, -0.2) is 0 Å². The molecule has 0 saturated carbocycles. The zero-order chi connectivity index (χ0) is 18.4. The highest BCUT2D eigenvalue weighted by atomic mass is 35.5. The van der Waals surface area contributed by atoms with Gasteiger partial charge in [0.15, 0.2) is 0 Å². The van der Waals surface area contributed by atoms with E-state index in [-0.39, 0.29) is 11.9 Å². The Bertz CT molecular complexity index is 722. The standard InChI is InChI=1S/C22H25ClN2O/c1-2-14-24-15-12-21(13-16-24)25(20-10-8-19(23)9-11-20)22(26)17-18-6-4-3-5-7-18/h2-11,21H,1,12-17H2. The van der Waals surface area contributed by atoms with Crippen LogP contribution in [0.5, 0.6) is 0 Å². The van der Waals surface area contributed by atoms with Crippen molar-refractivity contribution in [3.8, 4) is 0 Å². The van der Waals surface area contributed by atoms with E-state index in [4.69, 9.17) is 11.6 Å². The fourth-order valence-corrected chi connectivity index (χ4v) is 3.68. The molecule has 0 N–H and O–H groups in total. The number of likely N-dealkylation sites (tertiary alicyclic amines) is 1. The molecular formula is C22H25ClN2O. The molecule has 0 bridgehead atoms. The first-order valence-electron chi connectivity index (χ1n) is 9.12. The number of nitrogens with zero attached hydrogens (tertiary/aromatic N) is 2. The van der Waals surface area contributed by atoms with Crippen molar-refractivity contribution < 1.29 is 4.79 Å². The first-order valence-corrected chi connectivity index (χ1v) is 9.50. The van der Waals surface area contributed by atoms with Gasteiger partial charge >= 0.3 is 0 Å². The summed E-state index contributed by atoms with van der Waals surface area (Å²) >= 11 is 6.05. The summed E-state index contributed by atoms with van der Waals surface area (Å²) in [6.07, 6.45) is 4.29. The van der Waals surface area contributed by atoms with Crippen molar-refractivity contribution in [2.45, 2.75) is 25.3 Å². The topological polar surface area (TPSA) is 23.6 Å². The summed E-state index contributed by atoms with van der Waals surface area (Å²) in [6.45, 7) is 6.70. The minimum absolute atomic E-state index is 0.140. The van der Waals surface area contributed by atoms with Gasteiger partial charge < -0.3 is 4.90 Å². The van der Waals surface area contributed by atoms with E-state index in [0.717, 1.165) is 43.7 Å². The van der Waals surface area contributed by atoms with Gasteiger partial charge in [0.05, 0.1) is 6.42 Å². The summed E-state index contributed by atoms with van der Waals surface area (Å²) in [4.78, 5) is 17.5. The monoisotopic (exact) mass is 368 g/mol. The van der Waals surface area contributed by atoms with Gasteiger partial charge in [-0.1, -0.05) is 48.0 Å². The van der Waals surface area contributed by atoms with Gasteiger partial charge in [0, 0.05) is 36.4 Å². The summed E-state index contributed by atoms with van der Waals surface area (Å²) in [5, 5.41) is 0.685. The molecule has 1 saturated heterocycles. The highest BCUT2D eigenvalue weighted by Gasteiger charge is 2.28. The number of halogens is 1. The van der Waals surface area contributed by atoms with E-state index in [1.807, 2.05) is 65.6 Å². The molecule has 3 rings (SSSR count). The van der Waals surface area contributed by atoms with E-state index in [1.165, 1.54) is 0 Å². The first kappa shape index (κ1) is 18.7. The van der Waals surface area contributed by atoms with Crippen LogP contribution < -0.4 is 4.90 Å². The molecule has 1 aliphatic heterocycles. The molecule has 1 aliphatic rings. The molecule has 136 valence electrons. The van der Waals surface area contributed by atoms with Crippen molar-refractivity contribution in [3.63, 3.8) is 0 Å². The second kappa shape index (κ2) is 9.02. The second-order valence-corrected chi connectivity index (χ2v) is 7.16. The van der Waals surface area contributed by atoms with Crippen LogP contribution in [0.3, 0.4) is 0 Å². The maximum absolute atomic E-state index is 13.2. The lowest BCUT2D eigenvalue weighted by Gasteiger charge is -2.38. The SMILES string of the molecule is C=CCN1CCC(N(C(=O)Cc2ccccc2)c2ccc(Cl)cc2)CC1. The predicted octanol–water partition coefficient (Wildman–Crippen LogP) is 4.57. The van der Waals surface area contributed by atoms with E-state index in [1.54, 1.807) is 0 Å². The lowest BCUT2D eigenvalue weighted by Crippen LogP contribution is -2.48. The molecule has 0 atom stereocenters. The molecule has 0 unspecified atom stereocenters. The van der Waals surface area contributed by atoms with Crippen LogP contribution in [0.2, 0.25) is 5.02 Å². The molecule has 0 spiro atoms. The molecule has 1 amide bonds. The van der Waals surface area contributed by atoms with Crippen molar-refractivity contribution in [1.29, 1.82) is 0 Å². The van der Waals surface area contributed by atoms with Crippen LogP contribution in [-0.4, -0.2) is 36.5 Å². The zero-order valence-corrected chi connectivity index (χ0v) is 15.7. The van der Waals surface area contributed by atoms with E-state index in [2.05, 4.69) is 11.5 Å². The first-order chi connectivity index (χ1) is 12.7. The van der Waals surface area contributed by atoms with Crippen molar-refractivity contribution in [2.75, 3.05) is 24.5 Å². The van der Waals surface area contributed by atoms with E-state index >= 15 is 0 Å². The number of hydrogen-bond donors (Lipinski definition) is 0. The second-order valence-electron chi connectivity index (χ2n) is 6.72. The van der Waals surface area contributed by atoms with E-state index in [0.29, 0.717) is 11.4 Å². The number of piperidine rings is 1. The fourth-order valence-electron chi connectivity index (χ4n) is 3.56. The van der Waals surface area contributed by atoms with E-state index < -0.39 is 0 Å². The lowest BCUT2D eigenvalue weighted by molar-refractivity contribution is -0.118. The van der Waals surface area contributed by atoms with Gasteiger partial charge in [0.1, 0.15) is 0 Å². The molecule has 1 heterocycles. The van der Waals surface area contributed by atoms with Crippen LogP contribution in [0.4, 0.5) is 5.69 Å². The molecule has 3 nitrogen and oxygen atoms in total. The molecule has 0 aromatic heterocycles. The number of rotatable bonds is 6. The van der Waals surface area contributed by atoms with Gasteiger partial charge in [-0.15, -0.1) is 6.58 Å². The molecular weight excluding hydrogens is 344 g/mol. The van der Waals surface area contributed by atoms with E-state index in [9.17, 15) is 4.79 Å². The third-order valence-corrected chi connectivity index (χ3v) is 5.13. The van der Waals surface area contributed by atoms with Gasteiger partial charge in [-0.05, 0) is 42.7 Å². The number of benzene rings is 2. The molecule has 4 heteroatoms. The Hall–Kier alpha value is -2.10. The molecule has 2 aromatic rings. The number of amides is 1. The number of hydrogen-bond acceptors (Lipinski definition) is 2. The van der Waals surface area contributed by atoms with Gasteiger partial charge in [-0.3, -0.25) is 9.69 Å². The maximum Gasteiger partial charge on any atom is 0.231 e. The van der Waals surface area contributed by atoms with Crippen LogP contribution in [-0.2, 0) is 11.2 Å². The summed E-state index contributed by atoms with van der Waals surface area (Å²) in [5.41, 5.74) is 1.97. The predicted molar refractivity (Wildman–Crippen MR) is 109 cm³/mol. The Morgan fingerprint density at radius 1 is 1.12 bits per heavy atom.